The van der Waals surface area contributed by atoms with Crippen LogP contribution in [0.3, 0.4) is 0 Å². The van der Waals surface area contributed by atoms with E-state index in [1.165, 1.54) is 6.07 Å². The van der Waals surface area contributed by atoms with Gasteiger partial charge >= 0.3 is 18.9 Å². The number of hydrogen-bond donors (Lipinski definition) is 1. The first-order valence-corrected chi connectivity index (χ1v) is 4.12. The van der Waals surface area contributed by atoms with E-state index in [2.05, 4.69) is 0 Å². The van der Waals surface area contributed by atoms with Gasteiger partial charge in [0.15, 0.2) is 0 Å². The van der Waals surface area contributed by atoms with Gasteiger partial charge in [-0.25, -0.2) is 0 Å². The molecule has 0 aliphatic rings. The molecule has 0 bridgehead atoms. The van der Waals surface area contributed by atoms with E-state index >= 15 is 0 Å². The first-order chi connectivity index (χ1) is 6.70. The summed E-state index contributed by atoms with van der Waals surface area (Å²) in [5, 5.41) is 21.5. The van der Waals surface area contributed by atoms with Gasteiger partial charge in [0.05, 0.1) is 5.97 Å². The van der Waals surface area contributed by atoms with Crippen LogP contribution in [0, 0.1) is 0 Å². The van der Waals surface area contributed by atoms with Crippen molar-refractivity contribution in [1.82, 2.24) is 0 Å². The molecule has 0 unspecified atom stereocenters. The van der Waals surface area contributed by atoms with Crippen LogP contribution in [0.4, 0.5) is 0 Å². The zero-order chi connectivity index (χ0) is 10.1. The molecule has 1 N–H and O–H groups in total. The van der Waals surface area contributed by atoms with E-state index in [1.807, 2.05) is 6.07 Å². The van der Waals surface area contributed by atoms with Crippen LogP contribution in [0.25, 0.3) is 10.8 Å². The monoisotopic (exact) mass is 194 g/mol. The normalized spacial score (nSPS) is 9.60. The maximum absolute atomic E-state index is 10.6. The molecule has 0 atom stereocenters. The molecule has 0 amide bonds. The number of carbonyl (C=O) groups is 1. The largest absolute Gasteiger partial charge is 1.00 e. The Hall–Kier alpha value is -1.43. The van der Waals surface area contributed by atoms with E-state index in [4.69, 9.17) is 0 Å². The third-order valence-electron chi connectivity index (χ3n) is 2.12. The van der Waals surface area contributed by atoms with Crippen LogP contribution in [-0.4, -0.2) is 11.1 Å². The Bertz CT molecular complexity index is 508. The third-order valence-corrected chi connectivity index (χ3v) is 2.12. The van der Waals surface area contributed by atoms with Crippen LogP contribution in [-0.2, 0) is 0 Å². The van der Waals surface area contributed by atoms with Crippen molar-refractivity contribution in [2.75, 3.05) is 0 Å². The molecular formula is C11H7LiO3. The van der Waals surface area contributed by atoms with Gasteiger partial charge in [0.25, 0.3) is 0 Å². The minimum Gasteiger partial charge on any atom is -0.545 e. The second-order valence-corrected chi connectivity index (χ2v) is 2.97. The maximum Gasteiger partial charge on any atom is 1.00 e. The molecule has 0 aromatic heterocycles. The predicted octanol–water partition coefficient (Wildman–Crippen LogP) is -2.09. The van der Waals surface area contributed by atoms with Crippen molar-refractivity contribution in [1.29, 1.82) is 0 Å². The number of fused-ring (bicyclic) bond motifs is 1. The standard InChI is InChI=1S/C11H8O3.Li/c12-10-8-4-2-1-3-7(8)5-6-9(10)11(13)14;/h1-6,12H,(H,13,14);/q;+1/p-1. The Morgan fingerprint density at radius 2 is 1.80 bits per heavy atom. The van der Waals surface area contributed by atoms with Crippen molar-refractivity contribution in [3.63, 3.8) is 0 Å². The fourth-order valence-corrected chi connectivity index (χ4v) is 1.42. The van der Waals surface area contributed by atoms with Crippen molar-refractivity contribution in [2.45, 2.75) is 0 Å². The van der Waals surface area contributed by atoms with Gasteiger partial charge in [-0.1, -0.05) is 30.3 Å². The first-order valence-electron chi connectivity index (χ1n) is 4.12. The van der Waals surface area contributed by atoms with Gasteiger partial charge in [-0.15, -0.1) is 0 Å². The number of benzene rings is 2. The molecule has 0 fully saturated rings. The van der Waals surface area contributed by atoms with E-state index in [1.54, 1.807) is 24.3 Å². The number of aromatic carboxylic acids is 1. The summed E-state index contributed by atoms with van der Waals surface area (Å²) in [5.74, 6) is -1.60. The Kier molecular flexibility index (Phi) is 3.41. The van der Waals surface area contributed by atoms with E-state index in [9.17, 15) is 15.0 Å². The second-order valence-electron chi connectivity index (χ2n) is 2.97. The van der Waals surface area contributed by atoms with Crippen molar-refractivity contribution in [3.05, 3.63) is 42.0 Å². The molecule has 4 heteroatoms. The topological polar surface area (TPSA) is 60.4 Å². The fraction of sp³-hybridized carbons (Fsp3) is 0. The molecule has 0 saturated carbocycles. The van der Waals surface area contributed by atoms with Gasteiger partial charge in [0.2, 0.25) is 0 Å². The number of aromatic hydroxyl groups is 1. The van der Waals surface area contributed by atoms with E-state index < -0.39 is 5.97 Å². The van der Waals surface area contributed by atoms with Crippen molar-refractivity contribution in [2.24, 2.45) is 0 Å². The quantitative estimate of drug-likeness (QED) is 0.530. The molecular weight excluding hydrogens is 187 g/mol. The summed E-state index contributed by atoms with van der Waals surface area (Å²) in [6, 6.07) is 10.00. The molecule has 3 nitrogen and oxygen atoms in total. The second kappa shape index (κ2) is 4.39. The van der Waals surface area contributed by atoms with Crippen LogP contribution < -0.4 is 24.0 Å². The van der Waals surface area contributed by atoms with Crippen molar-refractivity contribution >= 4 is 16.7 Å². The van der Waals surface area contributed by atoms with Gasteiger partial charge in [0, 0.05) is 10.9 Å². The summed E-state index contributed by atoms with van der Waals surface area (Å²) in [5.41, 5.74) is -0.177. The van der Waals surface area contributed by atoms with Gasteiger partial charge in [-0.05, 0) is 11.5 Å². The molecule has 70 valence electrons. The SMILES string of the molecule is O=C([O-])c1ccc2ccccc2c1O.[Li+]. The van der Waals surface area contributed by atoms with E-state index in [0.717, 1.165) is 5.39 Å². The molecule has 0 aliphatic heterocycles. The summed E-state index contributed by atoms with van der Waals surface area (Å²) in [4.78, 5) is 10.6. The number of carboxylic acid groups (broad SMARTS) is 1. The number of phenols is 1. The van der Waals surface area contributed by atoms with Gasteiger partial charge in [-0.2, -0.15) is 0 Å². The Balaban J connectivity index is 0.00000112. The predicted molar refractivity (Wildman–Crippen MR) is 49.9 cm³/mol. The average molecular weight is 194 g/mol. The molecule has 2 aromatic rings. The van der Waals surface area contributed by atoms with Gasteiger partial charge in [0.1, 0.15) is 5.75 Å². The Morgan fingerprint density at radius 3 is 2.47 bits per heavy atom. The molecule has 15 heavy (non-hydrogen) atoms. The van der Waals surface area contributed by atoms with Crippen LogP contribution in [0.5, 0.6) is 5.75 Å². The minimum atomic E-state index is -1.37. The van der Waals surface area contributed by atoms with Crippen LogP contribution in [0.15, 0.2) is 36.4 Å². The molecule has 2 rings (SSSR count). The maximum atomic E-state index is 10.6. The smallest absolute Gasteiger partial charge is 0.545 e. The van der Waals surface area contributed by atoms with Crippen LogP contribution in [0.2, 0.25) is 0 Å². The Morgan fingerprint density at radius 1 is 1.13 bits per heavy atom. The molecule has 0 heterocycles. The van der Waals surface area contributed by atoms with Crippen molar-refractivity contribution < 1.29 is 33.9 Å². The zero-order valence-corrected chi connectivity index (χ0v) is 8.23. The third kappa shape index (κ3) is 1.99. The van der Waals surface area contributed by atoms with E-state index in [0.29, 0.717) is 5.39 Å². The first kappa shape index (κ1) is 11.6. The number of carbonyl (C=O) groups excluding carboxylic acids is 1. The van der Waals surface area contributed by atoms with Gasteiger partial charge in [-0.3, -0.25) is 0 Å². The number of hydrogen-bond acceptors (Lipinski definition) is 3. The Labute approximate surface area is 98.5 Å². The zero-order valence-electron chi connectivity index (χ0n) is 8.23. The fourth-order valence-electron chi connectivity index (χ4n) is 1.42. The number of carboxylic acids is 1. The summed E-state index contributed by atoms with van der Waals surface area (Å²) in [7, 11) is 0. The minimum absolute atomic E-state index is 0. The average Bonchev–Trinajstić information content (AvgIpc) is 2.18. The van der Waals surface area contributed by atoms with Gasteiger partial charge < -0.3 is 15.0 Å². The molecule has 0 saturated heterocycles. The molecule has 0 radical (unpaired) electrons. The molecule has 0 aliphatic carbocycles. The number of rotatable bonds is 1. The summed E-state index contributed by atoms with van der Waals surface area (Å²) in [6.07, 6.45) is 0. The summed E-state index contributed by atoms with van der Waals surface area (Å²) >= 11 is 0. The summed E-state index contributed by atoms with van der Waals surface area (Å²) in [6.45, 7) is 0. The van der Waals surface area contributed by atoms with E-state index in [-0.39, 0.29) is 30.2 Å². The van der Waals surface area contributed by atoms with Crippen LogP contribution >= 0.6 is 0 Å². The molecule has 0 spiro atoms. The molecule has 2 aromatic carbocycles. The van der Waals surface area contributed by atoms with Crippen LogP contribution in [0.1, 0.15) is 10.4 Å². The summed E-state index contributed by atoms with van der Waals surface area (Å²) < 4.78 is 0. The van der Waals surface area contributed by atoms with Crippen molar-refractivity contribution in [3.8, 4) is 5.75 Å².